The van der Waals surface area contributed by atoms with E-state index in [0.29, 0.717) is 0 Å². The van der Waals surface area contributed by atoms with Crippen molar-refractivity contribution >= 4 is 11.8 Å². The molecule has 0 spiro atoms. The van der Waals surface area contributed by atoms with Crippen molar-refractivity contribution in [3.05, 3.63) is 24.5 Å². The molecule has 0 atom stereocenters. The van der Waals surface area contributed by atoms with Crippen LogP contribution in [0.5, 0.6) is 0 Å². The Morgan fingerprint density at radius 2 is 1.91 bits per heavy atom. The number of aromatic nitrogens is 4. The lowest BCUT2D eigenvalue weighted by Crippen LogP contribution is -2.10. The third-order valence-electron chi connectivity index (χ3n) is 4.28. The average Bonchev–Trinajstić information content (AvgIpc) is 2.98. The molecule has 22 heavy (non-hydrogen) atoms. The Morgan fingerprint density at radius 3 is 2.64 bits per heavy atom. The number of hydrogen-bond acceptors (Lipinski definition) is 4. The third kappa shape index (κ3) is 3.69. The summed E-state index contributed by atoms with van der Waals surface area (Å²) in [7, 11) is 0. The van der Waals surface area contributed by atoms with Gasteiger partial charge in [0, 0.05) is 30.3 Å². The summed E-state index contributed by atoms with van der Waals surface area (Å²) in [6, 6.07) is 4.01. The summed E-state index contributed by atoms with van der Waals surface area (Å²) < 4.78 is 2.27. The highest BCUT2D eigenvalue weighted by molar-refractivity contribution is 7.99. The standard InChI is InChI=1S/C17H24N4S/c1-2-12-21-16(15-8-10-18-11-9-15)19-20-17(21)22-13-14-6-4-3-5-7-14/h8-11,14H,2-7,12-13H2,1H3. The summed E-state index contributed by atoms with van der Waals surface area (Å²) in [5.41, 5.74) is 1.10. The highest BCUT2D eigenvalue weighted by Crippen LogP contribution is 2.30. The SMILES string of the molecule is CCCn1c(SCC2CCCCC2)nnc1-c1ccncc1. The molecule has 2 aromatic heterocycles. The maximum Gasteiger partial charge on any atom is 0.191 e. The second kappa shape index (κ2) is 7.77. The van der Waals surface area contributed by atoms with Gasteiger partial charge in [-0.2, -0.15) is 0 Å². The molecule has 0 amide bonds. The van der Waals surface area contributed by atoms with Gasteiger partial charge in [0.15, 0.2) is 11.0 Å². The molecule has 0 aliphatic heterocycles. The summed E-state index contributed by atoms with van der Waals surface area (Å²) in [5.74, 6) is 3.00. The largest absolute Gasteiger partial charge is 0.302 e. The zero-order chi connectivity index (χ0) is 15.2. The molecule has 4 nitrogen and oxygen atoms in total. The van der Waals surface area contributed by atoms with Crippen molar-refractivity contribution in [3.8, 4) is 11.4 Å². The molecule has 0 saturated heterocycles. The minimum Gasteiger partial charge on any atom is -0.302 e. The Kier molecular flexibility index (Phi) is 5.48. The molecule has 2 aromatic rings. The topological polar surface area (TPSA) is 43.6 Å². The minimum absolute atomic E-state index is 0.856. The zero-order valence-corrected chi connectivity index (χ0v) is 14.1. The number of nitrogens with zero attached hydrogens (tertiary/aromatic N) is 4. The van der Waals surface area contributed by atoms with Crippen LogP contribution in [0.15, 0.2) is 29.7 Å². The Bertz CT molecular complexity index is 576. The van der Waals surface area contributed by atoms with Gasteiger partial charge in [0.1, 0.15) is 0 Å². The van der Waals surface area contributed by atoms with Crippen molar-refractivity contribution in [2.75, 3.05) is 5.75 Å². The van der Waals surface area contributed by atoms with Gasteiger partial charge in [0.05, 0.1) is 0 Å². The first-order valence-electron chi connectivity index (χ1n) is 8.35. The van der Waals surface area contributed by atoms with Gasteiger partial charge in [-0.05, 0) is 37.3 Å². The van der Waals surface area contributed by atoms with Crippen LogP contribution in [0.25, 0.3) is 11.4 Å². The monoisotopic (exact) mass is 316 g/mol. The normalized spacial score (nSPS) is 16.0. The second-order valence-electron chi connectivity index (χ2n) is 6.01. The highest BCUT2D eigenvalue weighted by Gasteiger charge is 2.17. The molecule has 2 heterocycles. The van der Waals surface area contributed by atoms with E-state index in [1.54, 1.807) is 0 Å². The van der Waals surface area contributed by atoms with E-state index in [4.69, 9.17) is 0 Å². The fourth-order valence-corrected chi connectivity index (χ4v) is 4.23. The maximum atomic E-state index is 4.45. The van der Waals surface area contributed by atoms with Gasteiger partial charge in [-0.25, -0.2) is 0 Å². The van der Waals surface area contributed by atoms with Crippen molar-refractivity contribution in [2.45, 2.75) is 57.1 Å². The molecule has 0 radical (unpaired) electrons. The Balaban J connectivity index is 1.74. The first-order valence-corrected chi connectivity index (χ1v) is 9.33. The van der Waals surface area contributed by atoms with Crippen LogP contribution < -0.4 is 0 Å². The minimum atomic E-state index is 0.856. The Morgan fingerprint density at radius 1 is 1.14 bits per heavy atom. The lowest BCUT2D eigenvalue weighted by Gasteiger charge is -2.20. The molecule has 3 rings (SSSR count). The van der Waals surface area contributed by atoms with E-state index in [9.17, 15) is 0 Å². The van der Waals surface area contributed by atoms with E-state index in [-0.39, 0.29) is 0 Å². The van der Waals surface area contributed by atoms with Crippen LogP contribution in [-0.2, 0) is 6.54 Å². The van der Waals surface area contributed by atoms with Crippen LogP contribution in [-0.4, -0.2) is 25.5 Å². The molecule has 0 aromatic carbocycles. The molecule has 118 valence electrons. The van der Waals surface area contributed by atoms with Crippen LogP contribution in [0.2, 0.25) is 0 Å². The molecular formula is C17H24N4S. The molecule has 1 aliphatic carbocycles. The van der Waals surface area contributed by atoms with E-state index in [2.05, 4.69) is 26.7 Å². The van der Waals surface area contributed by atoms with Gasteiger partial charge in [0.25, 0.3) is 0 Å². The smallest absolute Gasteiger partial charge is 0.191 e. The van der Waals surface area contributed by atoms with Crippen LogP contribution in [0.1, 0.15) is 45.4 Å². The van der Waals surface area contributed by atoms with Crippen molar-refractivity contribution < 1.29 is 0 Å². The first-order chi connectivity index (χ1) is 10.9. The third-order valence-corrected chi connectivity index (χ3v) is 5.47. The van der Waals surface area contributed by atoms with Crippen LogP contribution in [0.3, 0.4) is 0 Å². The summed E-state index contributed by atoms with van der Waals surface area (Å²) >= 11 is 1.88. The predicted molar refractivity (Wildman–Crippen MR) is 90.8 cm³/mol. The Labute approximate surface area is 136 Å². The van der Waals surface area contributed by atoms with Gasteiger partial charge >= 0.3 is 0 Å². The molecule has 0 N–H and O–H groups in total. The van der Waals surface area contributed by atoms with Gasteiger partial charge in [0.2, 0.25) is 0 Å². The Hall–Kier alpha value is -1.36. The van der Waals surface area contributed by atoms with E-state index >= 15 is 0 Å². The molecule has 0 bridgehead atoms. The van der Waals surface area contributed by atoms with E-state index in [0.717, 1.165) is 35.4 Å². The fraction of sp³-hybridized carbons (Fsp3) is 0.588. The maximum absolute atomic E-state index is 4.45. The summed E-state index contributed by atoms with van der Waals surface area (Å²) in [5, 5.41) is 9.95. The molecular weight excluding hydrogens is 292 g/mol. The fourth-order valence-electron chi connectivity index (χ4n) is 3.08. The highest BCUT2D eigenvalue weighted by atomic mass is 32.2. The quantitative estimate of drug-likeness (QED) is 0.740. The van der Waals surface area contributed by atoms with E-state index in [1.807, 2.05) is 36.3 Å². The van der Waals surface area contributed by atoms with Crippen molar-refractivity contribution in [1.82, 2.24) is 19.7 Å². The number of pyridine rings is 1. The summed E-state index contributed by atoms with van der Waals surface area (Å²) in [6.07, 6.45) is 11.7. The van der Waals surface area contributed by atoms with Gasteiger partial charge < -0.3 is 4.57 Å². The molecule has 1 saturated carbocycles. The van der Waals surface area contributed by atoms with Gasteiger partial charge in [-0.3, -0.25) is 4.98 Å². The number of thioether (sulfide) groups is 1. The molecule has 0 unspecified atom stereocenters. The molecule has 1 fully saturated rings. The van der Waals surface area contributed by atoms with E-state index < -0.39 is 0 Å². The lowest BCUT2D eigenvalue weighted by molar-refractivity contribution is 0.390. The van der Waals surface area contributed by atoms with Gasteiger partial charge in [-0.15, -0.1) is 10.2 Å². The summed E-state index contributed by atoms with van der Waals surface area (Å²) in [4.78, 5) is 4.09. The summed E-state index contributed by atoms with van der Waals surface area (Å²) in [6.45, 7) is 3.17. The lowest BCUT2D eigenvalue weighted by atomic mass is 9.91. The van der Waals surface area contributed by atoms with Crippen molar-refractivity contribution in [3.63, 3.8) is 0 Å². The molecule has 1 aliphatic rings. The molecule has 5 heteroatoms. The number of hydrogen-bond donors (Lipinski definition) is 0. The predicted octanol–water partition coefficient (Wildman–Crippen LogP) is 4.42. The second-order valence-corrected chi connectivity index (χ2v) is 7.00. The van der Waals surface area contributed by atoms with E-state index in [1.165, 1.54) is 37.9 Å². The van der Waals surface area contributed by atoms with Crippen LogP contribution in [0.4, 0.5) is 0 Å². The van der Waals surface area contributed by atoms with Gasteiger partial charge in [-0.1, -0.05) is 37.9 Å². The number of rotatable bonds is 6. The van der Waals surface area contributed by atoms with Crippen molar-refractivity contribution in [1.29, 1.82) is 0 Å². The van der Waals surface area contributed by atoms with Crippen LogP contribution >= 0.6 is 11.8 Å². The average molecular weight is 316 g/mol. The van der Waals surface area contributed by atoms with Crippen LogP contribution in [0, 0.1) is 5.92 Å². The zero-order valence-electron chi connectivity index (χ0n) is 13.2. The first kappa shape index (κ1) is 15.5. The van der Waals surface area contributed by atoms with Crippen molar-refractivity contribution in [2.24, 2.45) is 5.92 Å².